The van der Waals surface area contributed by atoms with Crippen LogP contribution in [-0.2, 0) is 4.84 Å². The van der Waals surface area contributed by atoms with Crippen LogP contribution in [0.3, 0.4) is 0 Å². The molecule has 5 heteroatoms. The van der Waals surface area contributed by atoms with Crippen LogP contribution in [0.1, 0.15) is 12.0 Å². The lowest BCUT2D eigenvalue weighted by atomic mass is 10.2. The summed E-state index contributed by atoms with van der Waals surface area (Å²) >= 11 is 0. The summed E-state index contributed by atoms with van der Waals surface area (Å²) in [6.45, 7) is 0.396. The standard InChI is InChI=1S/C16H18N2O3/c17-16(18-20-11-5-10-19)13-6-4-9-15(12-13)21-14-7-2-1-3-8-14/h1-4,6-9,12,19H,5,10-11H2,(H2,17,18). The predicted molar refractivity (Wildman–Crippen MR) is 81.3 cm³/mol. The number of nitrogens with zero attached hydrogens (tertiary/aromatic N) is 1. The molecule has 0 aliphatic heterocycles. The molecule has 2 rings (SSSR count). The topological polar surface area (TPSA) is 77.1 Å². The van der Waals surface area contributed by atoms with E-state index in [9.17, 15) is 0 Å². The van der Waals surface area contributed by atoms with Crippen molar-refractivity contribution in [1.82, 2.24) is 0 Å². The summed E-state index contributed by atoms with van der Waals surface area (Å²) in [5.41, 5.74) is 6.56. The van der Waals surface area contributed by atoms with Crippen molar-refractivity contribution < 1.29 is 14.7 Å². The fraction of sp³-hybridized carbons (Fsp3) is 0.188. The van der Waals surface area contributed by atoms with Crippen molar-refractivity contribution in [1.29, 1.82) is 0 Å². The zero-order valence-electron chi connectivity index (χ0n) is 11.6. The van der Waals surface area contributed by atoms with Crippen LogP contribution in [-0.4, -0.2) is 24.2 Å². The summed E-state index contributed by atoms with van der Waals surface area (Å²) in [4.78, 5) is 5.01. The lowest BCUT2D eigenvalue weighted by Crippen LogP contribution is -2.14. The summed E-state index contributed by atoms with van der Waals surface area (Å²) in [5, 5.41) is 12.5. The Bertz CT molecular complexity index is 585. The van der Waals surface area contributed by atoms with Crippen molar-refractivity contribution >= 4 is 5.84 Å². The van der Waals surface area contributed by atoms with E-state index >= 15 is 0 Å². The maximum atomic E-state index is 8.65. The molecule has 0 amide bonds. The summed E-state index contributed by atoms with van der Waals surface area (Å²) in [6.07, 6.45) is 0.522. The van der Waals surface area contributed by atoms with Gasteiger partial charge in [-0.25, -0.2) is 0 Å². The second-order valence-corrected chi connectivity index (χ2v) is 4.33. The molecule has 0 atom stereocenters. The molecule has 21 heavy (non-hydrogen) atoms. The maximum Gasteiger partial charge on any atom is 0.170 e. The quantitative estimate of drug-likeness (QED) is 0.355. The molecule has 5 nitrogen and oxygen atoms in total. The minimum Gasteiger partial charge on any atom is -0.457 e. The van der Waals surface area contributed by atoms with Gasteiger partial charge in [0.05, 0.1) is 0 Å². The number of nitrogens with two attached hydrogens (primary N) is 1. The Morgan fingerprint density at radius 2 is 1.81 bits per heavy atom. The Morgan fingerprint density at radius 1 is 1.05 bits per heavy atom. The largest absolute Gasteiger partial charge is 0.457 e. The molecule has 0 heterocycles. The summed E-state index contributed by atoms with van der Waals surface area (Å²) in [6, 6.07) is 16.8. The molecule has 0 aromatic heterocycles. The summed E-state index contributed by atoms with van der Waals surface area (Å²) in [5.74, 6) is 1.70. The molecule has 0 bridgehead atoms. The van der Waals surface area contributed by atoms with E-state index in [1.165, 1.54) is 0 Å². The molecule has 0 saturated heterocycles. The van der Waals surface area contributed by atoms with Gasteiger partial charge >= 0.3 is 0 Å². The van der Waals surface area contributed by atoms with Crippen molar-refractivity contribution in [2.75, 3.05) is 13.2 Å². The first kappa shape index (κ1) is 14.9. The van der Waals surface area contributed by atoms with Crippen LogP contribution in [0.2, 0.25) is 0 Å². The average molecular weight is 286 g/mol. The monoisotopic (exact) mass is 286 g/mol. The fourth-order valence-electron chi connectivity index (χ4n) is 1.64. The molecule has 0 spiro atoms. The van der Waals surface area contributed by atoms with Gasteiger partial charge in [0, 0.05) is 18.6 Å². The van der Waals surface area contributed by atoms with Crippen LogP contribution in [0.15, 0.2) is 59.8 Å². The SMILES string of the molecule is N/C(=N/OCCCO)c1cccc(Oc2ccccc2)c1. The molecular weight excluding hydrogens is 268 g/mol. The number of ether oxygens (including phenoxy) is 1. The average Bonchev–Trinajstić information content (AvgIpc) is 2.53. The number of hydrogen-bond acceptors (Lipinski definition) is 4. The van der Waals surface area contributed by atoms with Gasteiger partial charge in [-0.1, -0.05) is 35.5 Å². The van der Waals surface area contributed by atoms with E-state index in [0.29, 0.717) is 24.3 Å². The van der Waals surface area contributed by atoms with Crippen LogP contribution in [0, 0.1) is 0 Å². The fourth-order valence-corrected chi connectivity index (χ4v) is 1.64. The van der Waals surface area contributed by atoms with Gasteiger partial charge in [-0.05, 0) is 24.3 Å². The number of benzene rings is 2. The van der Waals surface area contributed by atoms with Gasteiger partial charge in [-0.15, -0.1) is 0 Å². The van der Waals surface area contributed by atoms with Crippen LogP contribution in [0.4, 0.5) is 0 Å². The number of aliphatic hydroxyl groups is 1. The van der Waals surface area contributed by atoms with Gasteiger partial charge in [-0.3, -0.25) is 0 Å². The minimum atomic E-state index is 0.0653. The number of amidine groups is 1. The van der Waals surface area contributed by atoms with E-state index in [-0.39, 0.29) is 12.4 Å². The molecule has 110 valence electrons. The second-order valence-electron chi connectivity index (χ2n) is 4.33. The Labute approximate surface area is 123 Å². The third-order valence-electron chi connectivity index (χ3n) is 2.67. The van der Waals surface area contributed by atoms with Crippen LogP contribution in [0.25, 0.3) is 0 Å². The van der Waals surface area contributed by atoms with Gasteiger partial charge in [0.15, 0.2) is 5.84 Å². The summed E-state index contributed by atoms with van der Waals surface area (Å²) < 4.78 is 5.73. The highest BCUT2D eigenvalue weighted by molar-refractivity contribution is 5.97. The van der Waals surface area contributed by atoms with Crippen LogP contribution >= 0.6 is 0 Å². The third-order valence-corrected chi connectivity index (χ3v) is 2.67. The van der Waals surface area contributed by atoms with Gasteiger partial charge in [0.1, 0.15) is 18.1 Å². The Balaban J connectivity index is 2.03. The zero-order chi connectivity index (χ0) is 14.9. The number of oxime groups is 1. The molecule has 0 fully saturated rings. The van der Waals surface area contributed by atoms with Gasteiger partial charge in [0.2, 0.25) is 0 Å². The number of para-hydroxylation sites is 1. The molecule has 2 aromatic carbocycles. The van der Waals surface area contributed by atoms with Crippen molar-refractivity contribution in [3.8, 4) is 11.5 Å². The van der Waals surface area contributed by atoms with Crippen molar-refractivity contribution in [2.45, 2.75) is 6.42 Å². The predicted octanol–water partition coefficient (Wildman–Crippen LogP) is 2.50. The third kappa shape index (κ3) is 4.81. The molecule has 2 aromatic rings. The molecular formula is C16H18N2O3. The first-order valence-corrected chi connectivity index (χ1v) is 6.69. The molecule has 3 N–H and O–H groups in total. The van der Waals surface area contributed by atoms with Crippen molar-refractivity contribution in [3.63, 3.8) is 0 Å². The normalized spacial score (nSPS) is 11.2. The van der Waals surface area contributed by atoms with E-state index in [4.69, 9.17) is 20.4 Å². The van der Waals surface area contributed by atoms with Gasteiger partial charge in [0.25, 0.3) is 0 Å². The van der Waals surface area contributed by atoms with E-state index in [1.54, 1.807) is 6.07 Å². The lowest BCUT2D eigenvalue weighted by Gasteiger charge is -2.07. The molecule has 0 radical (unpaired) electrons. The van der Waals surface area contributed by atoms with Gasteiger partial charge < -0.3 is 20.4 Å². The molecule has 0 unspecified atom stereocenters. The summed E-state index contributed by atoms with van der Waals surface area (Å²) in [7, 11) is 0. The van der Waals surface area contributed by atoms with Gasteiger partial charge in [-0.2, -0.15) is 0 Å². The smallest absolute Gasteiger partial charge is 0.170 e. The maximum absolute atomic E-state index is 8.65. The highest BCUT2D eigenvalue weighted by Gasteiger charge is 2.03. The van der Waals surface area contributed by atoms with Crippen LogP contribution in [0.5, 0.6) is 11.5 Å². The van der Waals surface area contributed by atoms with E-state index in [2.05, 4.69) is 5.16 Å². The minimum absolute atomic E-state index is 0.0653. The number of rotatable bonds is 7. The number of hydrogen-bond donors (Lipinski definition) is 2. The van der Waals surface area contributed by atoms with Crippen molar-refractivity contribution in [3.05, 3.63) is 60.2 Å². The number of aliphatic hydroxyl groups excluding tert-OH is 1. The Morgan fingerprint density at radius 3 is 2.57 bits per heavy atom. The van der Waals surface area contributed by atoms with E-state index in [0.717, 1.165) is 5.75 Å². The molecule has 0 aliphatic rings. The van der Waals surface area contributed by atoms with Crippen molar-refractivity contribution in [2.24, 2.45) is 10.9 Å². The highest BCUT2D eigenvalue weighted by atomic mass is 16.6. The second kappa shape index (κ2) is 7.91. The van der Waals surface area contributed by atoms with Crippen LogP contribution < -0.4 is 10.5 Å². The molecule has 0 aliphatic carbocycles. The Kier molecular flexibility index (Phi) is 5.60. The Hall–Kier alpha value is -2.53. The van der Waals surface area contributed by atoms with E-state index in [1.807, 2.05) is 48.5 Å². The highest BCUT2D eigenvalue weighted by Crippen LogP contribution is 2.21. The lowest BCUT2D eigenvalue weighted by molar-refractivity contribution is 0.124. The van der Waals surface area contributed by atoms with E-state index < -0.39 is 0 Å². The first-order chi connectivity index (χ1) is 10.3. The zero-order valence-corrected chi connectivity index (χ0v) is 11.6. The molecule has 0 saturated carbocycles. The first-order valence-electron chi connectivity index (χ1n) is 6.69.